The molecule has 0 aliphatic heterocycles. The first-order valence-corrected chi connectivity index (χ1v) is 6.59. The van der Waals surface area contributed by atoms with Gasteiger partial charge < -0.3 is 5.32 Å². The van der Waals surface area contributed by atoms with Crippen LogP contribution in [0.25, 0.3) is 0 Å². The summed E-state index contributed by atoms with van der Waals surface area (Å²) in [6.45, 7) is 1.88. The van der Waals surface area contributed by atoms with Crippen molar-refractivity contribution in [2.45, 2.75) is 26.2 Å². The number of fused-ring (bicyclic) bond motifs is 1. The molecule has 0 radical (unpaired) electrons. The van der Waals surface area contributed by atoms with Gasteiger partial charge >= 0.3 is 0 Å². The second-order valence-corrected chi connectivity index (χ2v) is 4.96. The number of aromatic nitrogens is 1. The van der Waals surface area contributed by atoms with E-state index in [1.54, 1.807) is 6.07 Å². The molecule has 0 saturated carbocycles. The summed E-state index contributed by atoms with van der Waals surface area (Å²) in [5.41, 5.74) is 4.93. The van der Waals surface area contributed by atoms with Gasteiger partial charge in [-0.1, -0.05) is 12.1 Å². The number of rotatable bonds is 2. The van der Waals surface area contributed by atoms with E-state index in [9.17, 15) is 4.79 Å². The molecule has 3 heteroatoms. The average Bonchev–Trinajstić information content (AvgIpc) is 2.86. The molecule has 3 nitrogen and oxygen atoms in total. The average molecular weight is 252 g/mol. The lowest BCUT2D eigenvalue weighted by molar-refractivity contribution is 0.102. The molecule has 3 rings (SSSR count). The molecule has 2 aromatic rings. The van der Waals surface area contributed by atoms with Gasteiger partial charge in [0.05, 0.1) is 0 Å². The van der Waals surface area contributed by atoms with E-state index in [1.807, 2.05) is 25.1 Å². The normalized spacial score (nSPS) is 13.1. The lowest BCUT2D eigenvalue weighted by atomic mass is 10.1. The van der Waals surface area contributed by atoms with Gasteiger partial charge in [0.25, 0.3) is 5.91 Å². The van der Waals surface area contributed by atoms with Crippen LogP contribution < -0.4 is 5.32 Å². The Labute approximate surface area is 112 Å². The number of hydrogen-bond acceptors (Lipinski definition) is 2. The van der Waals surface area contributed by atoms with E-state index in [-0.39, 0.29) is 5.91 Å². The number of carbonyl (C=O) groups excluding carboxylic acids is 1. The molecule has 1 N–H and O–H groups in total. The monoisotopic (exact) mass is 252 g/mol. The highest BCUT2D eigenvalue weighted by Crippen LogP contribution is 2.25. The Kier molecular flexibility index (Phi) is 3.03. The Morgan fingerprint density at radius 2 is 2.00 bits per heavy atom. The first-order valence-electron chi connectivity index (χ1n) is 6.59. The van der Waals surface area contributed by atoms with Crippen molar-refractivity contribution in [3.05, 3.63) is 58.9 Å². The minimum atomic E-state index is -0.151. The standard InChI is InChI=1S/C16H16N2O/c1-11-4-2-7-15(17-11)16(19)18-14-9-8-12-5-3-6-13(12)10-14/h2,4,7-10H,3,5-6H2,1H3,(H,18,19). The fourth-order valence-corrected chi connectivity index (χ4v) is 2.51. The van der Waals surface area contributed by atoms with E-state index in [0.717, 1.165) is 24.2 Å². The second kappa shape index (κ2) is 4.84. The molecular weight excluding hydrogens is 236 g/mol. The van der Waals surface area contributed by atoms with Crippen molar-refractivity contribution in [3.8, 4) is 0 Å². The van der Waals surface area contributed by atoms with Crippen molar-refractivity contribution in [1.29, 1.82) is 0 Å². The summed E-state index contributed by atoms with van der Waals surface area (Å²) in [5.74, 6) is -0.151. The summed E-state index contributed by atoms with van der Waals surface area (Å²) < 4.78 is 0. The fourth-order valence-electron chi connectivity index (χ4n) is 2.51. The van der Waals surface area contributed by atoms with Gasteiger partial charge in [0.15, 0.2) is 0 Å². The van der Waals surface area contributed by atoms with Gasteiger partial charge in [-0.3, -0.25) is 4.79 Å². The number of anilines is 1. The highest BCUT2D eigenvalue weighted by molar-refractivity contribution is 6.02. The molecule has 1 aromatic heterocycles. The van der Waals surface area contributed by atoms with Crippen LogP contribution in [-0.2, 0) is 12.8 Å². The summed E-state index contributed by atoms with van der Waals surface area (Å²) in [5, 5.41) is 2.91. The second-order valence-electron chi connectivity index (χ2n) is 4.96. The molecule has 1 aromatic carbocycles. The van der Waals surface area contributed by atoms with Crippen LogP contribution in [0.1, 0.15) is 33.7 Å². The van der Waals surface area contributed by atoms with Gasteiger partial charge in [0, 0.05) is 11.4 Å². The summed E-state index contributed by atoms with van der Waals surface area (Å²) in [6, 6.07) is 11.6. The van der Waals surface area contributed by atoms with E-state index in [0.29, 0.717) is 5.69 Å². The van der Waals surface area contributed by atoms with Crippen molar-refractivity contribution in [2.24, 2.45) is 0 Å². The zero-order valence-electron chi connectivity index (χ0n) is 10.9. The topological polar surface area (TPSA) is 42.0 Å². The molecule has 0 spiro atoms. The molecule has 0 fully saturated rings. The molecule has 96 valence electrons. The SMILES string of the molecule is Cc1cccc(C(=O)Nc2ccc3c(c2)CCC3)n1. The Morgan fingerprint density at radius 1 is 1.16 bits per heavy atom. The molecule has 1 aliphatic rings. The molecule has 0 atom stereocenters. The van der Waals surface area contributed by atoms with Crippen LogP contribution in [-0.4, -0.2) is 10.9 Å². The fraction of sp³-hybridized carbons (Fsp3) is 0.250. The van der Waals surface area contributed by atoms with E-state index in [2.05, 4.69) is 22.4 Å². The quantitative estimate of drug-likeness (QED) is 0.892. The highest BCUT2D eigenvalue weighted by Gasteiger charge is 2.12. The van der Waals surface area contributed by atoms with Gasteiger partial charge in [0.1, 0.15) is 5.69 Å². The zero-order chi connectivity index (χ0) is 13.2. The molecule has 19 heavy (non-hydrogen) atoms. The van der Waals surface area contributed by atoms with Crippen molar-refractivity contribution in [1.82, 2.24) is 4.98 Å². The molecule has 1 heterocycles. The van der Waals surface area contributed by atoms with Crippen molar-refractivity contribution >= 4 is 11.6 Å². The first kappa shape index (κ1) is 11.9. The minimum absolute atomic E-state index is 0.151. The van der Waals surface area contributed by atoms with Gasteiger partial charge in [-0.05, 0) is 61.6 Å². The van der Waals surface area contributed by atoms with Crippen LogP contribution in [0, 0.1) is 6.92 Å². The molecule has 1 amide bonds. The number of nitrogens with zero attached hydrogens (tertiary/aromatic N) is 1. The van der Waals surface area contributed by atoms with Gasteiger partial charge in [-0.15, -0.1) is 0 Å². The Hall–Kier alpha value is -2.16. The predicted molar refractivity (Wildman–Crippen MR) is 75.4 cm³/mol. The van der Waals surface area contributed by atoms with Crippen molar-refractivity contribution < 1.29 is 4.79 Å². The van der Waals surface area contributed by atoms with E-state index < -0.39 is 0 Å². The van der Waals surface area contributed by atoms with E-state index >= 15 is 0 Å². The summed E-state index contributed by atoms with van der Waals surface area (Å²) in [6.07, 6.45) is 3.48. The summed E-state index contributed by atoms with van der Waals surface area (Å²) in [7, 11) is 0. The predicted octanol–water partition coefficient (Wildman–Crippen LogP) is 3.13. The maximum atomic E-state index is 12.1. The number of amides is 1. The molecule has 0 bridgehead atoms. The number of pyridine rings is 1. The zero-order valence-corrected chi connectivity index (χ0v) is 10.9. The van der Waals surface area contributed by atoms with Crippen LogP contribution in [0.15, 0.2) is 36.4 Å². The van der Waals surface area contributed by atoms with E-state index in [1.165, 1.54) is 17.5 Å². The van der Waals surface area contributed by atoms with Gasteiger partial charge in [-0.2, -0.15) is 0 Å². The third-order valence-electron chi connectivity index (χ3n) is 3.48. The molecule has 1 aliphatic carbocycles. The van der Waals surface area contributed by atoms with Crippen LogP contribution in [0.5, 0.6) is 0 Å². The molecule has 0 unspecified atom stereocenters. The third-order valence-corrected chi connectivity index (χ3v) is 3.48. The van der Waals surface area contributed by atoms with Crippen molar-refractivity contribution in [3.63, 3.8) is 0 Å². The lowest BCUT2D eigenvalue weighted by Gasteiger charge is -2.07. The number of hydrogen-bond donors (Lipinski definition) is 1. The Bertz CT molecular complexity index is 634. The number of carbonyl (C=O) groups is 1. The van der Waals surface area contributed by atoms with Crippen LogP contribution >= 0.6 is 0 Å². The van der Waals surface area contributed by atoms with Crippen molar-refractivity contribution in [2.75, 3.05) is 5.32 Å². The molecular formula is C16H16N2O. The van der Waals surface area contributed by atoms with Crippen LogP contribution in [0.2, 0.25) is 0 Å². The van der Waals surface area contributed by atoms with Gasteiger partial charge in [0.2, 0.25) is 0 Å². The molecule has 0 saturated heterocycles. The third kappa shape index (κ3) is 2.50. The Morgan fingerprint density at radius 3 is 2.84 bits per heavy atom. The smallest absolute Gasteiger partial charge is 0.274 e. The van der Waals surface area contributed by atoms with E-state index in [4.69, 9.17) is 0 Å². The number of nitrogens with one attached hydrogen (secondary N) is 1. The Balaban J connectivity index is 1.80. The largest absolute Gasteiger partial charge is 0.321 e. The lowest BCUT2D eigenvalue weighted by Crippen LogP contribution is -2.14. The van der Waals surface area contributed by atoms with Crippen LogP contribution in [0.4, 0.5) is 5.69 Å². The number of benzene rings is 1. The van der Waals surface area contributed by atoms with Crippen LogP contribution in [0.3, 0.4) is 0 Å². The van der Waals surface area contributed by atoms with Gasteiger partial charge in [-0.25, -0.2) is 4.98 Å². The highest BCUT2D eigenvalue weighted by atomic mass is 16.1. The first-order chi connectivity index (χ1) is 9.22. The maximum absolute atomic E-state index is 12.1. The summed E-state index contributed by atoms with van der Waals surface area (Å²) >= 11 is 0. The maximum Gasteiger partial charge on any atom is 0.274 e. The number of aryl methyl sites for hydroxylation is 3. The summed E-state index contributed by atoms with van der Waals surface area (Å²) in [4.78, 5) is 16.3. The minimum Gasteiger partial charge on any atom is -0.321 e.